The van der Waals surface area contributed by atoms with Crippen LogP contribution in [0.25, 0.3) is 0 Å². The van der Waals surface area contributed by atoms with E-state index >= 15 is 0 Å². The molecular weight excluding hydrogens is 380 g/mol. The molecule has 0 heterocycles. The molecule has 3 amide bonds. The number of rotatable bonds is 9. The topological polar surface area (TPSA) is 120 Å². The highest BCUT2D eigenvalue weighted by Gasteiger charge is 2.16. The average Bonchev–Trinajstić information content (AvgIpc) is 2.75. The van der Waals surface area contributed by atoms with Crippen molar-refractivity contribution in [2.75, 3.05) is 26.9 Å². The van der Waals surface area contributed by atoms with E-state index in [1.807, 2.05) is 6.07 Å². The number of hydrogen-bond donors (Lipinski definition) is 2. The summed E-state index contributed by atoms with van der Waals surface area (Å²) < 4.78 is 15.0. The number of nitrogens with one attached hydrogen (secondary N) is 2. The number of imide groups is 1. The fraction of sp³-hybridized carbons (Fsp3) is 0.200. The third kappa shape index (κ3) is 7.33. The zero-order chi connectivity index (χ0) is 21.1. The number of hydrogen-bond acceptors (Lipinski definition) is 7. The van der Waals surface area contributed by atoms with Crippen LogP contribution in [0.15, 0.2) is 54.6 Å². The summed E-state index contributed by atoms with van der Waals surface area (Å²) in [6, 6.07) is 15.1. The summed E-state index contributed by atoms with van der Waals surface area (Å²) >= 11 is 0. The van der Waals surface area contributed by atoms with Gasteiger partial charge in [0.2, 0.25) is 0 Å². The first-order valence-electron chi connectivity index (χ1n) is 8.57. The Kier molecular flexibility index (Phi) is 8.18. The van der Waals surface area contributed by atoms with Gasteiger partial charge in [0.1, 0.15) is 18.0 Å². The number of methoxy groups -OCH3 is 1. The molecule has 0 radical (unpaired) electrons. The van der Waals surface area contributed by atoms with Gasteiger partial charge >= 0.3 is 5.97 Å². The SMILES string of the molecule is COc1ccccc1C(=O)NC(=O)COC(=O)CNC(=O)COc1ccccc1. The van der Waals surface area contributed by atoms with Crippen LogP contribution < -0.4 is 20.1 Å². The minimum Gasteiger partial charge on any atom is -0.496 e. The van der Waals surface area contributed by atoms with E-state index in [1.165, 1.54) is 13.2 Å². The molecule has 0 aliphatic rings. The Balaban J connectivity index is 1.67. The highest BCUT2D eigenvalue weighted by Crippen LogP contribution is 2.16. The Morgan fingerprint density at radius 2 is 1.55 bits per heavy atom. The lowest BCUT2D eigenvalue weighted by Crippen LogP contribution is -2.37. The fourth-order valence-corrected chi connectivity index (χ4v) is 2.15. The van der Waals surface area contributed by atoms with Crippen molar-refractivity contribution in [3.8, 4) is 11.5 Å². The quantitative estimate of drug-likeness (QED) is 0.594. The summed E-state index contributed by atoms with van der Waals surface area (Å²) in [5.41, 5.74) is 0.167. The van der Waals surface area contributed by atoms with E-state index in [2.05, 4.69) is 10.6 Å². The van der Waals surface area contributed by atoms with Gasteiger partial charge in [-0.2, -0.15) is 0 Å². The second-order valence-electron chi connectivity index (χ2n) is 5.62. The largest absolute Gasteiger partial charge is 0.496 e. The summed E-state index contributed by atoms with van der Waals surface area (Å²) in [4.78, 5) is 47.1. The van der Waals surface area contributed by atoms with Crippen LogP contribution >= 0.6 is 0 Å². The third-order valence-corrected chi connectivity index (χ3v) is 3.51. The average molecular weight is 400 g/mol. The molecule has 2 rings (SSSR count). The third-order valence-electron chi connectivity index (χ3n) is 3.51. The van der Waals surface area contributed by atoms with Gasteiger partial charge < -0.3 is 19.5 Å². The molecule has 0 saturated heterocycles. The molecule has 0 aliphatic carbocycles. The lowest BCUT2D eigenvalue weighted by molar-refractivity contribution is -0.148. The van der Waals surface area contributed by atoms with Crippen LogP contribution in [-0.2, 0) is 19.1 Å². The standard InChI is InChI=1S/C20H20N2O7/c1-27-16-10-6-5-9-15(16)20(26)22-18(24)13-29-19(25)11-21-17(23)12-28-14-7-3-2-4-8-14/h2-10H,11-13H2,1H3,(H,21,23)(H,22,24,26). The van der Waals surface area contributed by atoms with Gasteiger partial charge in [0.15, 0.2) is 13.2 Å². The second kappa shape index (κ2) is 11.1. The Morgan fingerprint density at radius 1 is 0.862 bits per heavy atom. The molecule has 9 nitrogen and oxygen atoms in total. The van der Waals surface area contributed by atoms with Crippen molar-refractivity contribution in [2.24, 2.45) is 0 Å². The number of benzene rings is 2. The zero-order valence-electron chi connectivity index (χ0n) is 15.7. The molecule has 2 N–H and O–H groups in total. The Labute approximate surface area is 166 Å². The van der Waals surface area contributed by atoms with Crippen molar-refractivity contribution in [1.29, 1.82) is 0 Å². The van der Waals surface area contributed by atoms with Crippen LogP contribution in [0.4, 0.5) is 0 Å². The van der Waals surface area contributed by atoms with Crippen LogP contribution in [-0.4, -0.2) is 50.6 Å². The lowest BCUT2D eigenvalue weighted by Gasteiger charge is -2.09. The maximum Gasteiger partial charge on any atom is 0.325 e. The monoisotopic (exact) mass is 400 g/mol. The second-order valence-corrected chi connectivity index (χ2v) is 5.62. The van der Waals surface area contributed by atoms with E-state index in [9.17, 15) is 19.2 Å². The first kappa shape index (κ1) is 21.4. The summed E-state index contributed by atoms with van der Waals surface area (Å²) in [5.74, 6) is -2.04. The van der Waals surface area contributed by atoms with Gasteiger partial charge in [0, 0.05) is 0 Å². The molecule has 0 atom stereocenters. The number of amides is 3. The van der Waals surface area contributed by atoms with Crippen molar-refractivity contribution in [3.63, 3.8) is 0 Å². The summed E-state index contributed by atoms with van der Waals surface area (Å²) in [6.07, 6.45) is 0. The number of carbonyl (C=O) groups is 4. The molecule has 152 valence electrons. The van der Waals surface area contributed by atoms with Crippen LogP contribution in [0.5, 0.6) is 11.5 Å². The van der Waals surface area contributed by atoms with E-state index in [4.69, 9.17) is 14.2 Å². The van der Waals surface area contributed by atoms with Gasteiger partial charge in [0.05, 0.1) is 12.7 Å². The van der Waals surface area contributed by atoms with Crippen LogP contribution in [0, 0.1) is 0 Å². The van der Waals surface area contributed by atoms with Gasteiger partial charge in [-0.15, -0.1) is 0 Å². The molecule has 9 heteroatoms. The van der Waals surface area contributed by atoms with E-state index in [-0.39, 0.29) is 12.2 Å². The first-order valence-corrected chi connectivity index (χ1v) is 8.57. The smallest absolute Gasteiger partial charge is 0.325 e. The van der Waals surface area contributed by atoms with Gasteiger partial charge in [-0.25, -0.2) is 0 Å². The maximum atomic E-state index is 12.1. The minimum atomic E-state index is -0.835. The predicted octanol–water partition coefficient (Wildman–Crippen LogP) is 0.690. The fourth-order valence-electron chi connectivity index (χ4n) is 2.15. The molecule has 29 heavy (non-hydrogen) atoms. The lowest BCUT2D eigenvalue weighted by atomic mass is 10.2. The molecule has 0 bridgehead atoms. The molecule has 0 unspecified atom stereocenters. The summed E-state index contributed by atoms with van der Waals surface area (Å²) in [5, 5.41) is 4.39. The van der Waals surface area contributed by atoms with Crippen LogP contribution in [0.2, 0.25) is 0 Å². The molecule has 0 fully saturated rings. The maximum absolute atomic E-state index is 12.1. The van der Waals surface area contributed by atoms with Crippen LogP contribution in [0.3, 0.4) is 0 Å². The molecule has 0 aromatic heterocycles. The molecule has 0 saturated carbocycles. The number of para-hydroxylation sites is 2. The molecule has 0 spiro atoms. The highest BCUT2D eigenvalue weighted by atomic mass is 16.5. The van der Waals surface area contributed by atoms with E-state index in [1.54, 1.807) is 42.5 Å². The van der Waals surface area contributed by atoms with Gasteiger partial charge in [-0.3, -0.25) is 24.5 Å². The zero-order valence-corrected chi connectivity index (χ0v) is 15.7. The number of carbonyl (C=O) groups excluding carboxylic acids is 4. The Morgan fingerprint density at radius 3 is 2.28 bits per heavy atom. The van der Waals surface area contributed by atoms with Crippen molar-refractivity contribution in [3.05, 3.63) is 60.2 Å². The van der Waals surface area contributed by atoms with Crippen LogP contribution in [0.1, 0.15) is 10.4 Å². The van der Waals surface area contributed by atoms with Crippen molar-refractivity contribution < 1.29 is 33.4 Å². The van der Waals surface area contributed by atoms with Crippen molar-refractivity contribution >= 4 is 23.7 Å². The first-order chi connectivity index (χ1) is 14.0. The minimum absolute atomic E-state index is 0.167. The van der Waals surface area contributed by atoms with E-state index in [0.29, 0.717) is 11.5 Å². The molecule has 0 aliphatic heterocycles. The molecule has 2 aromatic carbocycles. The van der Waals surface area contributed by atoms with Gasteiger partial charge in [0.25, 0.3) is 17.7 Å². The van der Waals surface area contributed by atoms with Gasteiger partial charge in [-0.1, -0.05) is 30.3 Å². The van der Waals surface area contributed by atoms with E-state index < -0.39 is 36.8 Å². The Bertz CT molecular complexity index is 868. The molecule has 2 aromatic rings. The number of ether oxygens (including phenoxy) is 3. The van der Waals surface area contributed by atoms with Crippen molar-refractivity contribution in [1.82, 2.24) is 10.6 Å². The van der Waals surface area contributed by atoms with E-state index in [0.717, 1.165) is 0 Å². The predicted molar refractivity (Wildman–Crippen MR) is 101 cm³/mol. The Hall–Kier alpha value is -3.88. The normalized spacial score (nSPS) is 9.83. The van der Waals surface area contributed by atoms with Gasteiger partial charge in [-0.05, 0) is 24.3 Å². The summed E-state index contributed by atoms with van der Waals surface area (Å²) in [7, 11) is 1.40. The number of esters is 1. The van der Waals surface area contributed by atoms with Crippen molar-refractivity contribution in [2.45, 2.75) is 0 Å². The highest BCUT2D eigenvalue weighted by molar-refractivity contribution is 6.06. The molecular formula is C20H20N2O7. The summed E-state index contributed by atoms with van der Waals surface area (Å²) in [6.45, 7) is -1.38.